The number of benzene rings is 1. The third-order valence-corrected chi connectivity index (χ3v) is 2.23. The molecule has 0 aliphatic rings. The fourth-order valence-electron chi connectivity index (χ4n) is 1.40. The molecule has 0 saturated carbocycles. The van der Waals surface area contributed by atoms with Crippen molar-refractivity contribution >= 4 is 12.0 Å². The molecule has 0 spiro atoms. The number of carbonyl (C=O) groups excluding carboxylic acids is 1. The van der Waals surface area contributed by atoms with Crippen molar-refractivity contribution in [1.29, 1.82) is 0 Å². The van der Waals surface area contributed by atoms with E-state index in [1.165, 1.54) is 0 Å². The van der Waals surface area contributed by atoms with E-state index in [9.17, 15) is 4.79 Å². The summed E-state index contributed by atoms with van der Waals surface area (Å²) in [6.07, 6.45) is 6.79. The number of hydrogen-bond donors (Lipinski definition) is 0. The van der Waals surface area contributed by atoms with E-state index >= 15 is 0 Å². The fraction of sp³-hybridized carbons (Fsp3) is 0.133. The van der Waals surface area contributed by atoms with Crippen LogP contribution in [-0.2, 0) is 4.79 Å². The molecule has 0 fully saturated rings. The average Bonchev–Trinajstić information content (AvgIpc) is 2.37. The summed E-state index contributed by atoms with van der Waals surface area (Å²) in [6, 6.07) is 9.73. The Hall–Kier alpha value is -2.09. The summed E-state index contributed by atoms with van der Waals surface area (Å²) in [5.41, 5.74) is 1.01. The minimum Gasteiger partial charge on any atom is -0.332 e. The van der Waals surface area contributed by atoms with E-state index in [-0.39, 0.29) is 5.91 Å². The van der Waals surface area contributed by atoms with Crippen molar-refractivity contribution in [3.63, 3.8) is 0 Å². The average molecular weight is 227 g/mol. The summed E-state index contributed by atoms with van der Waals surface area (Å²) < 4.78 is 0. The highest BCUT2D eigenvalue weighted by molar-refractivity contribution is 5.91. The van der Waals surface area contributed by atoms with E-state index in [0.717, 1.165) is 5.56 Å². The zero-order valence-electron chi connectivity index (χ0n) is 9.88. The minimum absolute atomic E-state index is 0.0337. The van der Waals surface area contributed by atoms with Crippen molar-refractivity contribution in [3.05, 3.63) is 67.3 Å². The van der Waals surface area contributed by atoms with Crippen LogP contribution in [-0.4, -0.2) is 23.9 Å². The number of nitrogens with zero attached hydrogens (tertiary/aromatic N) is 1. The zero-order chi connectivity index (χ0) is 12.5. The van der Waals surface area contributed by atoms with Crippen LogP contribution in [0.5, 0.6) is 0 Å². The quantitative estimate of drug-likeness (QED) is 0.540. The summed E-state index contributed by atoms with van der Waals surface area (Å²) in [5, 5.41) is 0. The summed E-state index contributed by atoms with van der Waals surface area (Å²) in [7, 11) is 0. The van der Waals surface area contributed by atoms with Gasteiger partial charge in [-0.25, -0.2) is 0 Å². The highest BCUT2D eigenvalue weighted by atomic mass is 16.2. The second-order valence-electron chi connectivity index (χ2n) is 3.56. The molecule has 0 unspecified atom stereocenters. The number of carbonyl (C=O) groups is 1. The van der Waals surface area contributed by atoms with Gasteiger partial charge in [0.15, 0.2) is 0 Å². The van der Waals surface area contributed by atoms with Crippen molar-refractivity contribution < 1.29 is 4.79 Å². The van der Waals surface area contributed by atoms with Gasteiger partial charge < -0.3 is 4.90 Å². The largest absolute Gasteiger partial charge is 0.332 e. The first-order chi connectivity index (χ1) is 8.27. The fourth-order valence-corrected chi connectivity index (χ4v) is 1.40. The Labute approximate surface area is 103 Å². The van der Waals surface area contributed by atoms with Crippen LogP contribution in [0.3, 0.4) is 0 Å². The molecule has 1 amide bonds. The Bertz CT molecular complexity index is 396. The molecular weight excluding hydrogens is 210 g/mol. The maximum atomic E-state index is 11.8. The van der Waals surface area contributed by atoms with Gasteiger partial charge >= 0.3 is 0 Å². The second kappa shape index (κ2) is 7.23. The number of hydrogen-bond acceptors (Lipinski definition) is 1. The molecule has 0 N–H and O–H groups in total. The van der Waals surface area contributed by atoms with Gasteiger partial charge in [-0.15, -0.1) is 13.2 Å². The number of rotatable bonds is 6. The van der Waals surface area contributed by atoms with E-state index in [1.807, 2.05) is 36.4 Å². The molecule has 1 aromatic carbocycles. The molecule has 0 heterocycles. The summed E-state index contributed by atoms with van der Waals surface area (Å²) in [6.45, 7) is 8.33. The molecule has 0 aliphatic carbocycles. The summed E-state index contributed by atoms with van der Waals surface area (Å²) in [4.78, 5) is 13.5. The Morgan fingerprint density at radius 3 is 2.24 bits per heavy atom. The van der Waals surface area contributed by atoms with Gasteiger partial charge in [0.1, 0.15) is 0 Å². The van der Waals surface area contributed by atoms with Crippen molar-refractivity contribution in [1.82, 2.24) is 4.90 Å². The second-order valence-corrected chi connectivity index (χ2v) is 3.56. The molecule has 17 heavy (non-hydrogen) atoms. The van der Waals surface area contributed by atoms with E-state index in [2.05, 4.69) is 13.2 Å². The van der Waals surface area contributed by atoms with Crippen LogP contribution in [0.4, 0.5) is 0 Å². The molecule has 1 rings (SSSR count). The molecule has 0 bridgehead atoms. The molecule has 1 aromatic rings. The number of amides is 1. The first-order valence-electron chi connectivity index (χ1n) is 5.51. The predicted octanol–water partition coefficient (Wildman–Crippen LogP) is 2.90. The van der Waals surface area contributed by atoms with Gasteiger partial charge in [0.25, 0.3) is 0 Å². The highest BCUT2D eigenvalue weighted by Gasteiger charge is 2.05. The monoisotopic (exact) mass is 227 g/mol. The lowest BCUT2D eigenvalue weighted by Gasteiger charge is -2.16. The molecule has 2 nitrogen and oxygen atoms in total. The Kier molecular flexibility index (Phi) is 5.52. The Balaban J connectivity index is 2.66. The van der Waals surface area contributed by atoms with E-state index in [4.69, 9.17) is 0 Å². The van der Waals surface area contributed by atoms with E-state index in [1.54, 1.807) is 23.1 Å². The third kappa shape index (κ3) is 4.51. The first-order valence-corrected chi connectivity index (χ1v) is 5.51. The SMILES string of the molecule is C=CCN(CC=C)C(=O)C=Cc1ccccc1. The Morgan fingerprint density at radius 2 is 1.71 bits per heavy atom. The van der Waals surface area contributed by atoms with Gasteiger partial charge in [0.05, 0.1) is 0 Å². The molecule has 0 aliphatic heterocycles. The first kappa shape index (κ1) is 13.0. The lowest BCUT2D eigenvalue weighted by molar-refractivity contribution is -0.124. The maximum Gasteiger partial charge on any atom is 0.247 e. The molecular formula is C15H17NO. The maximum absolute atomic E-state index is 11.8. The van der Waals surface area contributed by atoms with E-state index in [0.29, 0.717) is 13.1 Å². The summed E-state index contributed by atoms with van der Waals surface area (Å²) >= 11 is 0. The summed E-state index contributed by atoms with van der Waals surface area (Å²) in [5.74, 6) is -0.0337. The molecule has 2 heteroatoms. The van der Waals surface area contributed by atoms with Crippen LogP contribution >= 0.6 is 0 Å². The van der Waals surface area contributed by atoms with Crippen LogP contribution in [0.1, 0.15) is 5.56 Å². The predicted molar refractivity (Wildman–Crippen MR) is 72.5 cm³/mol. The van der Waals surface area contributed by atoms with Crippen LogP contribution in [0.2, 0.25) is 0 Å². The topological polar surface area (TPSA) is 20.3 Å². The van der Waals surface area contributed by atoms with E-state index < -0.39 is 0 Å². The van der Waals surface area contributed by atoms with Crippen molar-refractivity contribution in [2.24, 2.45) is 0 Å². The van der Waals surface area contributed by atoms with Gasteiger partial charge in [0, 0.05) is 19.2 Å². The molecule has 0 saturated heterocycles. The van der Waals surface area contributed by atoms with Crippen molar-refractivity contribution in [3.8, 4) is 0 Å². The highest BCUT2D eigenvalue weighted by Crippen LogP contribution is 2.02. The normalized spacial score (nSPS) is 10.1. The van der Waals surface area contributed by atoms with Crippen molar-refractivity contribution in [2.75, 3.05) is 13.1 Å². The lowest BCUT2D eigenvalue weighted by Crippen LogP contribution is -2.29. The standard InChI is InChI=1S/C15H17NO/c1-3-12-16(13-4-2)15(17)11-10-14-8-6-5-7-9-14/h3-11H,1-2,12-13H2. The van der Waals surface area contributed by atoms with Crippen LogP contribution in [0.15, 0.2) is 61.7 Å². The molecule has 0 radical (unpaired) electrons. The van der Waals surface area contributed by atoms with Gasteiger partial charge in [-0.2, -0.15) is 0 Å². The van der Waals surface area contributed by atoms with Crippen LogP contribution < -0.4 is 0 Å². The molecule has 0 atom stereocenters. The van der Waals surface area contributed by atoms with Gasteiger partial charge in [-0.3, -0.25) is 4.79 Å². The van der Waals surface area contributed by atoms with Gasteiger partial charge in [-0.1, -0.05) is 42.5 Å². The minimum atomic E-state index is -0.0337. The van der Waals surface area contributed by atoms with Crippen LogP contribution in [0.25, 0.3) is 6.08 Å². The lowest BCUT2D eigenvalue weighted by atomic mass is 10.2. The van der Waals surface area contributed by atoms with Gasteiger partial charge in [0.2, 0.25) is 5.91 Å². The third-order valence-electron chi connectivity index (χ3n) is 2.23. The van der Waals surface area contributed by atoms with Crippen molar-refractivity contribution in [2.45, 2.75) is 0 Å². The Morgan fingerprint density at radius 1 is 1.12 bits per heavy atom. The van der Waals surface area contributed by atoms with Gasteiger partial charge in [-0.05, 0) is 11.6 Å². The smallest absolute Gasteiger partial charge is 0.247 e. The molecule has 88 valence electrons. The molecule has 0 aromatic heterocycles. The van der Waals surface area contributed by atoms with Crippen LogP contribution in [0, 0.1) is 0 Å². The zero-order valence-corrected chi connectivity index (χ0v) is 9.88.